The monoisotopic (exact) mass is 1260 g/mol. The van der Waals surface area contributed by atoms with Gasteiger partial charge in [-0.15, -0.1) is 0 Å². The van der Waals surface area contributed by atoms with Crippen LogP contribution in [0.3, 0.4) is 0 Å². The van der Waals surface area contributed by atoms with Crippen molar-refractivity contribution in [2.45, 2.75) is 442 Å². The van der Waals surface area contributed by atoms with E-state index in [2.05, 4.69) is 31.3 Å². The molecule has 0 spiro atoms. The molecule has 0 bridgehead atoms. The summed E-state index contributed by atoms with van der Waals surface area (Å²) in [5.74, 6) is -0.159. The first kappa shape index (κ1) is 85.2. The molecule has 0 aromatic rings. The molecule has 1 fully saturated rings. The van der Waals surface area contributed by atoms with Crippen molar-refractivity contribution in [3.05, 3.63) is 24.3 Å². The van der Waals surface area contributed by atoms with Gasteiger partial charge in [0.25, 0.3) is 0 Å². The maximum Gasteiger partial charge on any atom is 0.305 e. The minimum atomic E-state index is -1.57. The third-order valence-electron chi connectivity index (χ3n) is 18.8. The lowest BCUT2D eigenvalue weighted by molar-refractivity contribution is -0.302. The molecule has 7 unspecified atom stereocenters. The number of nitrogens with one attached hydrogen (secondary N) is 1. The lowest BCUT2D eigenvalue weighted by Crippen LogP contribution is -2.60. The van der Waals surface area contributed by atoms with Crippen LogP contribution in [-0.2, 0) is 23.8 Å². The number of aliphatic hydroxyl groups excluding tert-OH is 5. The van der Waals surface area contributed by atoms with E-state index >= 15 is 0 Å². The van der Waals surface area contributed by atoms with Gasteiger partial charge < -0.3 is 45.1 Å². The van der Waals surface area contributed by atoms with Crippen molar-refractivity contribution >= 4 is 11.9 Å². The van der Waals surface area contributed by atoms with Crippen LogP contribution in [0, 0.1) is 0 Å². The predicted molar refractivity (Wildman–Crippen MR) is 375 cm³/mol. The molecule has 1 rings (SSSR count). The van der Waals surface area contributed by atoms with E-state index in [1.54, 1.807) is 6.08 Å². The van der Waals surface area contributed by atoms with Crippen molar-refractivity contribution in [3.8, 4) is 0 Å². The van der Waals surface area contributed by atoms with E-state index in [1.165, 1.54) is 321 Å². The molecule has 1 aliphatic rings. The van der Waals surface area contributed by atoms with Crippen LogP contribution in [0.15, 0.2) is 24.3 Å². The third-order valence-corrected chi connectivity index (χ3v) is 18.8. The molecule has 1 saturated heterocycles. The van der Waals surface area contributed by atoms with Crippen LogP contribution in [-0.4, -0.2) is 100 Å². The van der Waals surface area contributed by atoms with Crippen LogP contribution >= 0.6 is 0 Å². The number of ether oxygens (including phenoxy) is 3. The van der Waals surface area contributed by atoms with Crippen LogP contribution in [0.4, 0.5) is 0 Å². The Morgan fingerprint density at radius 1 is 0.404 bits per heavy atom. The number of carbonyl (C=O) groups is 2. The standard InChI is InChI=1S/C78H149NO10/c1-3-5-7-9-11-13-14-15-39-43-46-50-54-58-62-66-74(83)87-67-63-59-55-51-47-44-41-38-36-34-32-30-28-26-24-22-20-18-16-17-19-21-23-25-27-29-31-33-35-37-40-42-45-49-53-57-61-65-73(82)79-70(71(81)64-60-56-52-48-12-10-8-6-4-2)69-88-78-77(86)76(85)75(84)72(68-80)89-78/h16,18,60,64,70-72,75-78,80-81,84-86H,3-15,17,19-59,61-63,65-69H2,1-2H3,(H,79,82)/b18-16-,64-60+. The first-order valence-corrected chi connectivity index (χ1v) is 39.1. The number of esters is 1. The molecule has 0 radical (unpaired) electrons. The summed E-state index contributed by atoms with van der Waals surface area (Å²) in [6, 6.07) is -0.805. The number of carbonyl (C=O) groups excluding carboxylic acids is 2. The summed E-state index contributed by atoms with van der Waals surface area (Å²) < 4.78 is 16.7. The van der Waals surface area contributed by atoms with Gasteiger partial charge in [-0.25, -0.2) is 0 Å². The zero-order valence-electron chi connectivity index (χ0n) is 58.7. The molecule has 89 heavy (non-hydrogen) atoms. The van der Waals surface area contributed by atoms with Gasteiger partial charge in [-0.1, -0.05) is 353 Å². The Labute approximate surface area is 550 Å². The molecule has 526 valence electrons. The van der Waals surface area contributed by atoms with Gasteiger partial charge in [0, 0.05) is 12.8 Å². The van der Waals surface area contributed by atoms with E-state index in [0.717, 1.165) is 51.4 Å². The first-order chi connectivity index (χ1) is 43.7. The van der Waals surface area contributed by atoms with Crippen molar-refractivity contribution < 1.29 is 49.3 Å². The number of unbranched alkanes of at least 4 members (excludes halogenated alkanes) is 54. The van der Waals surface area contributed by atoms with Crippen molar-refractivity contribution in [2.75, 3.05) is 19.8 Å². The van der Waals surface area contributed by atoms with Gasteiger partial charge in [0.2, 0.25) is 5.91 Å². The molecule has 6 N–H and O–H groups in total. The van der Waals surface area contributed by atoms with E-state index in [9.17, 15) is 35.1 Å². The Morgan fingerprint density at radius 3 is 1.08 bits per heavy atom. The van der Waals surface area contributed by atoms with Crippen LogP contribution in [0.1, 0.15) is 399 Å². The van der Waals surface area contributed by atoms with Gasteiger partial charge in [0.1, 0.15) is 24.4 Å². The molecule has 7 atom stereocenters. The van der Waals surface area contributed by atoms with Gasteiger partial charge in [-0.3, -0.25) is 9.59 Å². The maximum absolute atomic E-state index is 13.0. The quantitative estimate of drug-likeness (QED) is 0.0195. The van der Waals surface area contributed by atoms with Gasteiger partial charge in [-0.05, 0) is 57.8 Å². The molecule has 1 heterocycles. The van der Waals surface area contributed by atoms with Crippen molar-refractivity contribution in [3.63, 3.8) is 0 Å². The van der Waals surface area contributed by atoms with E-state index in [-0.39, 0.29) is 18.5 Å². The van der Waals surface area contributed by atoms with Crippen LogP contribution in [0.2, 0.25) is 0 Å². The number of amides is 1. The number of hydrogen-bond donors (Lipinski definition) is 6. The number of aliphatic hydroxyl groups is 5. The van der Waals surface area contributed by atoms with Gasteiger partial charge in [-0.2, -0.15) is 0 Å². The second-order valence-corrected chi connectivity index (χ2v) is 27.4. The fourth-order valence-corrected chi connectivity index (χ4v) is 12.7. The summed E-state index contributed by atoms with van der Waals surface area (Å²) in [6.45, 7) is 4.37. The summed E-state index contributed by atoms with van der Waals surface area (Å²) >= 11 is 0. The fraction of sp³-hybridized carbons (Fsp3) is 0.923. The second-order valence-electron chi connectivity index (χ2n) is 27.4. The average Bonchev–Trinajstić information content (AvgIpc) is 2.38. The fourth-order valence-electron chi connectivity index (χ4n) is 12.7. The van der Waals surface area contributed by atoms with Gasteiger partial charge >= 0.3 is 5.97 Å². The van der Waals surface area contributed by atoms with Crippen LogP contribution < -0.4 is 5.32 Å². The van der Waals surface area contributed by atoms with Crippen LogP contribution in [0.25, 0.3) is 0 Å². The van der Waals surface area contributed by atoms with E-state index in [0.29, 0.717) is 19.4 Å². The number of rotatable bonds is 70. The molecule has 1 amide bonds. The summed E-state index contributed by atoms with van der Waals surface area (Å²) in [5.41, 5.74) is 0. The van der Waals surface area contributed by atoms with Crippen molar-refractivity contribution in [1.29, 1.82) is 0 Å². The summed E-state index contributed by atoms with van der Waals surface area (Å²) in [6.07, 6.45) is 76.6. The lowest BCUT2D eigenvalue weighted by Gasteiger charge is -2.40. The summed E-state index contributed by atoms with van der Waals surface area (Å²) in [4.78, 5) is 25.1. The zero-order valence-corrected chi connectivity index (χ0v) is 58.7. The molecular weight excluding hydrogens is 1110 g/mol. The first-order valence-electron chi connectivity index (χ1n) is 39.1. The molecular formula is C78H149NO10. The minimum absolute atomic E-state index is 0.0189. The lowest BCUT2D eigenvalue weighted by atomic mass is 9.99. The highest BCUT2D eigenvalue weighted by molar-refractivity contribution is 5.76. The van der Waals surface area contributed by atoms with Gasteiger partial charge in [0.15, 0.2) is 6.29 Å². The number of allylic oxidation sites excluding steroid dienone is 3. The Kier molecular flexibility index (Phi) is 64.6. The largest absolute Gasteiger partial charge is 0.466 e. The normalized spacial score (nSPS) is 17.8. The summed E-state index contributed by atoms with van der Waals surface area (Å²) in [7, 11) is 0. The average molecular weight is 1260 g/mol. The van der Waals surface area contributed by atoms with Gasteiger partial charge in [0.05, 0.1) is 32.0 Å². The Balaban J connectivity index is 1.85. The second kappa shape index (κ2) is 67.6. The van der Waals surface area contributed by atoms with E-state index in [1.807, 2.05) is 6.08 Å². The van der Waals surface area contributed by atoms with E-state index < -0.39 is 49.5 Å². The van der Waals surface area contributed by atoms with E-state index in [4.69, 9.17) is 14.2 Å². The highest BCUT2D eigenvalue weighted by Crippen LogP contribution is 2.24. The highest BCUT2D eigenvalue weighted by atomic mass is 16.7. The highest BCUT2D eigenvalue weighted by Gasteiger charge is 2.44. The molecule has 0 aromatic carbocycles. The summed E-state index contributed by atoms with van der Waals surface area (Å²) in [5, 5.41) is 54.3. The zero-order chi connectivity index (χ0) is 64.4. The molecule has 0 aliphatic carbocycles. The van der Waals surface area contributed by atoms with Crippen LogP contribution in [0.5, 0.6) is 0 Å². The smallest absolute Gasteiger partial charge is 0.305 e. The Hall–Kier alpha value is -1.86. The molecule has 11 nitrogen and oxygen atoms in total. The minimum Gasteiger partial charge on any atom is -0.466 e. The van der Waals surface area contributed by atoms with Crippen molar-refractivity contribution in [2.24, 2.45) is 0 Å². The van der Waals surface area contributed by atoms with Crippen molar-refractivity contribution in [1.82, 2.24) is 5.32 Å². The SMILES string of the molecule is CCCCCCCCC/C=C/C(O)C(COC1OC(CO)C(O)C(O)C1O)NC(=O)CCCCCCCCCCCCCCCCCCC/C=C\CCCCCCCCCCCCCCCCCCOC(=O)CCCCCCCCCCCCCCCCC. The predicted octanol–water partition coefficient (Wildman–Crippen LogP) is 20.8. The topological polar surface area (TPSA) is 175 Å². The third kappa shape index (κ3) is 56.2. The Bertz CT molecular complexity index is 1530. The molecule has 0 saturated carbocycles. The molecule has 0 aromatic heterocycles. The number of hydrogen-bond acceptors (Lipinski definition) is 10. The molecule has 11 heteroatoms. The molecule has 1 aliphatic heterocycles. The maximum atomic E-state index is 13.0. The Morgan fingerprint density at radius 2 is 0.719 bits per heavy atom.